The molecule has 0 bridgehead atoms. The van der Waals surface area contributed by atoms with Crippen molar-refractivity contribution in [2.45, 2.75) is 37.7 Å². The molecule has 0 N–H and O–H groups in total. The van der Waals surface area contributed by atoms with Crippen LogP contribution in [0.25, 0.3) is 0 Å². The van der Waals surface area contributed by atoms with Crippen LogP contribution in [0.3, 0.4) is 0 Å². The monoisotopic (exact) mass is 166 g/mol. The Kier molecular flexibility index (Phi) is 5.81. The van der Waals surface area contributed by atoms with Crippen LogP contribution in [0.2, 0.25) is 0 Å². The molecule has 0 aliphatic rings. The van der Waals surface area contributed by atoms with Crippen LogP contribution in [0.15, 0.2) is 0 Å². The number of rotatable bonds is 4. The first kappa shape index (κ1) is 9.64. The van der Waals surface area contributed by atoms with Crippen LogP contribution in [0.1, 0.15) is 27.2 Å². The van der Waals surface area contributed by atoms with Gasteiger partial charge in [0.25, 0.3) is 0 Å². The third kappa shape index (κ3) is 5.10. The maximum absolute atomic E-state index is 5.63. The molecule has 9 heavy (non-hydrogen) atoms. The van der Waals surface area contributed by atoms with Crippen molar-refractivity contribution in [1.29, 1.82) is 0 Å². The highest BCUT2D eigenvalue weighted by Crippen LogP contribution is 2.20. The second-order valence-electron chi connectivity index (χ2n) is 2.32. The highest BCUT2D eigenvalue weighted by Gasteiger charge is 2.04. The second-order valence-corrected chi connectivity index (χ2v) is 4.51. The van der Waals surface area contributed by atoms with Crippen molar-refractivity contribution in [3.8, 4) is 0 Å². The lowest BCUT2D eigenvalue weighted by Crippen LogP contribution is -2.04. The second kappa shape index (κ2) is 5.43. The summed E-state index contributed by atoms with van der Waals surface area (Å²) in [4.78, 5) is 0. The zero-order chi connectivity index (χ0) is 7.28. The quantitative estimate of drug-likeness (QED) is 0.579. The fourth-order valence-electron chi connectivity index (χ4n) is 0.529. The molecule has 0 aromatic rings. The van der Waals surface area contributed by atoms with Gasteiger partial charge in [-0.3, -0.25) is 0 Å². The van der Waals surface area contributed by atoms with Crippen molar-refractivity contribution in [2.24, 2.45) is 0 Å². The van der Waals surface area contributed by atoms with Gasteiger partial charge >= 0.3 is 0 Å². The van der Waals surface area contributed by atoms with E-state index in [0.29, 0.717) is 5.25 Å². The molecular formula is C7H15ClS. The fourth-order valence-corrected chi connectivity index (χ4v) is 1.81. The van der Waals surface area contributed by atoms with Gasteiger partial charge in [-0.15, -0.1) is 11.6 Å². The lowest BCUT2D eigenvalue weighted by molar-refractivity contribution is 0.897. The maximum Gasteiger partial charge on any atom is 0.0340 e. The summed E-state index contributed by atoms with van der Waals surface area (Å²) in [5.41, 5.74) is 0. The molecule has 2 unspecified atom stereocenters. The molecule has 0 radical (unpaired) electrons. The number of alkyl halides is 1. The van der Waals surface area contributed by atoms with Crippen molar-refractivity contribution in [3.05, 3.63) is 0 Å². The normalized spacial score (nSPS) is 17.3. The predicted molar refractivity (Wildman–Crippen MR) is 47.5 cm³/mol. The minimum atomic E-state index is 0.613. The minimum absolute atomic E-state index is 0.613. The van der Waals surface area contributed by atoms with E-state index < -0.39 is 0 Å². The van der Waals surface area contributed by atoms with Crippen LogP contribution in [0.4, 0.5) is 0 Å². The minimum Gasteiger partial charge on any atom is -0.155 e. The van der Waals surface area contributed by atoms with Gasteiger partial charge in [0.15, 0.2) is 0 Å². The highest BCUT2D eigenvalue weighted by atomic mass is 35.5. The Morgan fingerprint density at radius 3 is 2.22 bits per heavy atom. The van der Waals surface area contributed by atoms with Crippen LogP contribution in [-0.2, 0) is 0 Å². The summed E-state index contributed by atoms with van der Waals surface area (Å²) in [6, 6.07) is 0. The summed E-state index contributed by atoms with van der Waals surface area (Å²) >= 11 is 7.60. The highest BCUT2D eigenvalue weighted by molar-refractivity contribution is 8.00. The molecule has 0 aromatic carbocycles. The van der Waals surface area contributed by atoms with Gasteiger partial charge in [0, 0.05) is 16.4 Å². The molecule has 0 spiro atoms. The van der Waals surface area contributed by atoms with E-state index in [1.165, 1.54) is 6.42 Å². The molecule has 2 atom stereocenters. The van der Waals surface area contributed by atoms with Crippen LogP contribution in [0, 0.1) is 0 Å². The lowest BCUT2D eigenvalue weighted by Gasteiger charge is -2.11. The molecule has 56 valence electrons. The molecule has 0 aliphatic carbocycles. The summed E-state index contributed by atoms with van der Waals surface area (Å²) in [6.07, 6.45) is 1.24. The maximum atomic E-state index is 5.63. The zero-order valence-electron chi connectivity index (χ0n) is 6.36. The van der Waals surface area contributed by atoms with Crippen molar-refractivity contribution in [2.75, 3.05) is 5.88 Å². The topological polar surface area (TPSA) is 0 Å². The molecule has 0 amide bonds. The van der Waals surface area contributed by atoms with E-state index in [2.05, 4.69) is 20.8 Å². The van der Waals surface area contributed by atoms with E-state index in [-0.39, 0.29) is 0 Å². The van der Waals surface area contributed by atoms with E-state index in [9.17, 15) is 0 Å². The van der Waals surface area contributed by atoms with E-state index in [1.54, 1.807) is 0 Å². The van der Waals surface area contributed by atoms with Crippen molar-refractivity contribution in [1.82, 2.24) is 0 Å². The molecule has 0 heterocycles. The van der Waals surface area contributed by atoms with Gasteiger partial charge in [0.1, 0.15) is 0 Å². The molecule has 0 nitrogen and oxygen atoms in total. The Morgan fingerprint density at radius 2 is 1.89 bits per heavy atom. The molecule has 0 aliphatic heterocycles. The van der Waals surface area contributed by atoms with Crippen molar-refractivity contribution in [3.63, 3.8) is 0 Å². The number of halogens is 1. The molecule has 0 aromatic heterocycles. The Morgan fingerprint density at radius 1 is 1.33 bits per heavy atom. The first-order chi connectivity index (χ1) is 4.20. The summed E-state index contributed by atoms with van der Waals surface area (Å²) in [5, 5.41) is 1.38. The summed E-state index contributed by atoms with van der Waals surface area (Å²) in [7, 11) is 0. The average molecular weight is 167 g/mol. The average Bonchev–Trinajstić information content (AvgIpc) is 1.87. The van der Waals surface area contributed by atoms with Gasteiger partial charge < -0.3 is 0 Å². The Balaban J connectivity index is 3.22. The van der Waals surface area contributed by atoms with Gasteiger partial charge in [0.05, 0.1) is 0 Å². The van der Waals surface area contributed by atoms with Gasteiger partial charge in [0.2, 0.25) is 0 Å². The zero-order valence-corrected chi connectivity index (χ0v) is 7.93. The van der Waals surface area contributed by atoms with Crippen LogP contribution in [0.5, 0.6) is 0 Å². The largest absolute Gasteiger partial charge is 0.155 e. The summed E-state index contributed by atoms with van der Waals surface area (Å²) in [6.45, 7) is 6.62. The first-order valence-electron chi connectivity index (χ1n) is 3.42. The van der Waals surface area contributed by atoms with Gasteiger partial charge in [-0.25, -0.2) is 0 Å². The number of hydrogen-bond donors (Lipinski definition) is 0. The lowest BCUT2D eigenvalue weighted by atomic mass is 10.4. The van der Waals surface area contributed by atoms with Gasteiger partial charge in [-0.05, 0) is 6.42 Å². The van der Waals surface area contributed by atoms with Crippen LogP contribution >= 0.6 is 23.4 Å². The molecule has 0 fully saturated rings. The summed E-state index contributed by atoms with van der Waals surface area (Å²) < 4.78 is 0. The van der Waals surface area contributed by atoms with Gasteiger partial charge in [-0.1, -0.05) is 20.8 Å². The van der Waals surface area contributed by atoms with Crippen LogP contribution in [-0.4, -0.2) is 16.4 Å². The summed E-state index contributed by atoms with van der Waals surface area (Å²) in [5.74, 6) is 0.773. The third-order valence-corrected chi connectivity index (χ3v) is 3.33. The molecule has 0 rings (SSSR count). The fraction of sp³-hybridized carbons (Fsp3) is 1.00. The Labute approximate surface area is 67.4 Å². The van der Waals surface area contributed by atoms with Crippen molar-refractivity contribution < 1.29 is 0 Å². The first-order valence-corrected chi connectivity index (χ1v) is 4.89. The number of hydrogen-bond acceptors (Lipinski definition) is 1. The van der Waals surface area contributed by atoms with Crippen molar-refractivity contribution >= 4 is 23.4 Å². The van der Waals surface area contributed by atoms with E-state index in [0.717, 1.165) is 11.1 Å². The Bertz CT molecular complexity index is 57.9. The molecule has 0 saturated carbocycles. The third-order valence-electron chi connectivity index (χ3n) is 1.26. The SMILES string of the molecule is CCC(C)SC(C)CCl. The van der Waals surface area contributed by atoms with E-state index in [4.69, 9.17) is 11.6 Å². The molecule has 2 heteroatoms. The smallest absolute Gasteiger partial charge is 0.0340 e. The van der Waals surface area contributed by atoms with Crippen LogP contribution < -0.4 is 0 Å². The van der Waals surface area contributed by atoms with Gasteiger partial charge in [-0.2, -0.15) is 11.8 Å². The molecular weight excluding hydrogens is 152 g/mol. The molecule has 0 saturated heterocycles. The van der Waals surface area contributed by atoms with E-state index in [1.807, 2.05) is 11.8 Å². The van der Waals surface area contributed by atoms with E-state index >= 15 is 0 Å². The standard InChI is InChI=1S/C7H15ClS/c1-4-6(2)9-7(3)5-8/h6-7H,4-5H2,1-3H3. The Hall–Kier alpha value is 0.640. The predicted octanol–water partition coefficient (Wildman–Crippen LogP) is 3.15. The number of thioether (sulfide) groups is 1.